The summed E-state index contributed by atoms with van der Waals surface area (Å²) in [7, 11) is 1.82. The topological polar surface area (TPSA) is 211 Å². The van der Waals surface area contributed by atoms with Crippen molar-refractivity contribution in [1.29, 1.82) is 0 Å². The molecule has 1 atom stereocenters. The maximum atomic E-state index is 12.4. The number of anilines is 3. The fourth-order valence-corrected chi connectivity index (χ4v) is 3.03. The average Bonchev–Trinajstić information content (AvgIpc) is 2.76. The molecule has 0 aliphatic carbocycles. The van der Waals surface area contributed by atoms with Crippen molar-refractivity contribution in [3.63, 3.8) is 0 Å². The molecule has 14 heteroatoms. The summed E-state index contributed by atoms with van der Waals surface area (Å²) in [6, 6.07) is 5.16. The molecule has 2 aromatic heterocycles. The fraction of sp³-hybridized carbons (Fsp3) is 0.250. The molecular weight excluding hydrogens is 629 g/mol. The predicted octanol–water partition coefficient (Wildman–Crippen LogP) is 0.266. The van der Waals surface area contributed by atoms with Gasteiger partial charge in [0.05, 0.1) is 18.4 Å². The van der Waals surface area contributed by atoms with Gasteiger partial charge in [-0.15, -0.1) is 0 Å². The third-order valence-corrected chi connectivity index (χ3v) is 4.72. The molecule has 183 valence electrons. The number of hydrogen-bond donors (Lipinski definition) is 5. The molecule has 1 aromatic carbocycles. The monoisotopic (exact) mass is 651 g/mol. The summed E-state index contributed by atoms with van der Waals surface area (Å²) in [6.45, 7) is 0.370. The first-order chi connectivity index (χ1) is 15.6. The minimum atomic E-state index is -1.30. The molecule has 0 saturated carbocycles. The number of hydrogen-bond acceptors (Lipinski definition) is 10. The zero-order chi connectivity index (χ0) is 24.1. The van der Waals surface area contributed by atoms with Gasteiger partial charge >= 0.3 is 11.9 Å². The van der Waals surface area contributed by atoms with E-state index < -0.39 is 23.9 Å². The van der Waals surface area contributed by atoms with Gasteiger partial charge in [-0.05, 0) is 30.7 Å². The van der Waals surface area contributed by atoms with Gasteiger partial charge < -0.3 is 31.9 Å². The number of nitrogens with two attached hydrogens (primary N) is 2. The van der Waals surface area contributed by atoms with Crippen LogP contribution in [0, 0.1) is 0 Å². The van der Waals surface area contributed by atoms with E-state index in [2.05, 4.69) is 25.3 Å². The molecule has 1 amide bonds. The number of carboxylic acid groups (broad SMARTS) is 2. The quantitative estimate of drug-likeness (QED) is 0.198. The van der Waals surface area contributed by atoms with Crippen molar-refractivity contribution in [3.05, 3.63) is 41.7 Å². The Morgan fingerprint density at radius 1 is 1.09 bits per heavy atom. The summed E-state index contributed by atoms with van der Waals surface area (Å²) in [4.78, 5) is 52.7. The van der Waals surface area contributed by atoms with E-state index in [4.69, 9.17) is 16.6 Å². The van der Waals surface area contributed by atoms with Gasteiger partial charge in [0.25, 0.3) is 5.91 Å². The Morgan fingerprint density at radius 2 is 1.76 bits per heavy atom. The number of aromatic nitrogens is 4. The molecule has 0 spiro atoms. The van der Waals surface area contributed by atoms with E-state index in [0.29, 0.717) is 23.4 Å². The molecule has 34 heavy (non-hydrogen) atoms. The summed E-state index contributed by atoms with van der Waals surface area (Å²) < 4.78 is 0. The van der Waals surface area contributed by atoms with Gasteiger partial charge in [0, 0.05) is 47.1 Å². The smallest absolute Gasteiger partial charge is 0.326 e. The van der Waals surface area contributed by atoms with Gasteiger partial charge in [-0.3, -0.25) is 9.59 Å². The van der Waals surface area contributed by atoms with Crippen LogP contribution in [0.5, 0.6) is 0 Å². The number of amides is 1. The van der Waals surface area contributed by atoms with E-state index in [1.165, 1.54) is 12.1 Å². The van der Waals surface area contributed by atoms with E-state index in [0.717, 1.165) is 5.69 Å². The first kappa shape index (κ1) is 26.4. The van der Waals surface area contributed by atoms with Crippen molar-refractivity contribution < 1.29 is 47.0 Å². The van der Waals surface area contributed by atoms with Crippen LogP contribution in [0.25, 0.3) is 11.2 Å². The molecule has 0 aliphatic rings. The second-order valence-corrected chi connectivity index (χ2v) is 7.20. The predicted molar refractivity (Wildman–Crippen MR) is 118 cm³/mol. The van der Waals surface area contributed by atoms with Gasteiger partial charge in [0.2, 0.25) is 5.95 Å². The van der Waals surface area contributed by atoms with Crippen molar-refractivity contribution in [2.45, 2.75) is 25.4 Å². The van der Waals surface area contributed by atoms with Gasteiger partial charge in [0.15, 0.2) is 17.0 Å². The number of carboxylic acids is 2. The molecule has 2 heterocycles. The van der Waals surface area contributed by atoms with Crippen molar-refractivity contribution >= 4 is 46.5 Å². The maximum Gasteiger partial charge on any atom is 0.326 e. The van der Waals surface area contributed by atoms with Crippen LogP contribution in [-0.4, -0.2) is 61.1 Å². The standard InChI is InChI=1S/C20H22N8O5.Au/c1-28(9-11-8-23-17-15(24-11)16(21)26-20(22)27-17)12-4-2-10(3-5-12)18(31)25-13(19(32)33)6-7-14(29)30;/h2-5,8,13H,6-7,9H2,1H3,(H,25,31)(H,29,30)(H,32,33)(H4,21,22,23,26,27);/t13-;/m0./s1. The van der Waals surface area contributed by atoms with Crippen LogP contribution < -0.4 is 21.7 Å². The van der Waals surface area contributed by atoms with Crippen LogP contribution in [-0.2, 0) is 38.5 Å². The van der Waals surface area contributed by atoms with Crippen LogP contribution >= 0.6 is 0 Å². The van der Waals surface area contributed by atoms with E-state index in [1.807, 2.05) is 11.9 Å². The number of aliphatic carboxylic acids is 2. The Kier molecular flexibility index (Phi) is 8.83. The summed E-state index contributed by atoms with van der Waals surface area (Å²) in [5.41, 5.74) is 13.7. The number of benzene rings is 1. The summed E-state index contributed by atoms with van der Waals surface area (Å²) in [6.07, 6.45) is 0.964. The Bertz CT molecular complexity index is 1210. The number of carbonyl (C=O) groups is 3. The Balaban J connectivity index is 0.00000408. The number of nitrogens with zero attached hydrogens (tertiary/aromatic N) is 5. The fourth-order valence-electron chi connectivity index (χ4n) is 3.03. The first-order valence-electron chi connectivity index (χ1n) is 9.75. The zero-order valence-electron chi connectivity index (χ0n) is 17.9. The number of nitrogen functional groups attached to an aromatic ring is 2. The van der Waals surface area contributed by atoms with Crippen molar-refractivity contribution in [2.75, 3.05) is 23.4 Å². The van der Waals surface area contributed by atoms with Crippen LogP contribution in [0.4, 0.5) is 17.5 Å². The summed E-state index contributed by atoms with van der Waals surface area (Å²) in [5.74, 6) is -2.91. The number of carbonyl (C=O) groups excluding carboxylic acids is 1. The van der Waals surface area contributed by atoms with Crippen molar-refractivity contribution in [3.8, 4) is 0 Å². The SMILES string of the molecule is CN(Cc1cnc2nc(N)nc(N)c2n1)c1ccc(C(=O)N[C@@H](CCC(=O)O)C(=O)O)cc1.[Au]. The molecule has 0 fully saturated rings. The minimum Gasteiger partial charge on any atom is -0.481 e. The molecule has 0 saturated heterocycles. The van der Waals surface area contributed by atoms with E-state index in [9.17, 15) is 19.5 Å². The normalized spacial score (nSPS) is 11.3. The number of nitrogens with one attached hydrogen (secondary N) is 1. The molecular formula is C20H22AuN8O5. The van der Waals surface area contributed by atoms with E-state index >= 15 is 0 Å². The third-order valence-electron chi connectivity index (χ3n) is 4.72. The largest absolute Gasteiger partial charge is 0.481 e. The van der Waals surface area contributed by atoms with Gasteiger partial charge in [0.1, 0.15) is 6.04 Å². The molecule has 7 N–H and O–H groups in total. The summed E-state index contributed by atoms with van der Waals surface area (Å²) in [5, 5.41) is 20.2. The molecule has 3 aromatic rings. The zero-order valence-corrected chi connectivity index (χ0v) is 20.1. The van der Waals surface area contributed by atoms with Crippen LogP contribution in [0.2, 0.25) is 0 Å². The Hall–Kier alpha value is -3.81. The molecule has 0 unspecified atom stereocenters. The minimum absolute atomic E-state index is 0. The van der Waals surface area contributed by atoms with Gasteiger partial charge in [-0.25, -0.2) is 14.8 Å². The van der Waals surface area contributed by atoms with Crippen molar-refractivity contribution in [1.82, 2.24) is 25.3 Å². The second-order valence-electron chi connectivity index (χ2n) is 7.20. The number of rotatable bonds is 9. The van der Waals surface area contributed by atoms with Crippen molar-refractivity contribution in [2.24, 2.45) is 0 Å². The molecule has 0 aliphatic heterocycles. The second kappa shape index (κ2) is 11.4. The van der Waals surface area contributed by atoms with E-state index in [1.54, 1.807) is 18.3 Å². The van der Waals surface area contributed by atoms with Gasteiger partial charge in [-0.1, -0.05) is 0 Å². The maximum absolute atomic E-state index is 12.4. The van der Waals surface area contributed by atoms with Crippen LogP contribution in [0.3, 0.4) is 0 Å². The van der Waals surface area contributed by atoms with Gasteiger partial charge in [-0.2, -0.15) is 9.97 Å². The Labute approximate surface area is 209 Å². The van der Waals surface area contributed by atoms with E-state index in [-0.39, 0.29) is 52.6 Å². The first-order valence-corrected chi connectivity index (χ1v) is 9.75. The molecule has 1 radical (unpaired) electrons. The molecule has 0 bridgehead atoms. The summed E-state index contributed by atoms with van der Waals surface area (Å²) >= 11 is 0. The molecule has 13 nitrogen and oxygen atoms in total. The molecule has 3 rings (SSSR count). The Morgan fingerprint density at radius 3 is 2.38 bits per heavy atom. The van der Waals surface area contributed by atoms with Crippen LogP contribution in [0.15, 0.2) is 30.5 Å². The third kappa shape index (κ3) is 6.60. The van der Waals surface area contributed by atoms with Crippen LogP contribution in [0.1, 0.15) is 28.9 Å². The number of fused-ring (bicyclic) bond motifs is 1. The average molecular weight is 651 g/mol.